The highest BCUT2D eigenvalue weighted by Gasteiger charge is 2.50. The molecular weight excluding hydrogens is 284 g/mol. The van der Waals surface area contributed by atoms with E-state index in [1.54, 1.807) is 0 Å². The van der Waals surface area contributed by atoms with E-state index in [1.165, 1.54) is 38.5 Å². The highest BCUT2D eigenvalue weighted by Crippen LogP contribution is 2.30. The van der Waals surface area contributed by atoms with Gasteiger partial charge in [-0.3, -0.25) is 0 Å². The Bertz CT molecular complexity index is 303. The Morgan fingerprint density at radius 1 is 0.667 bits per heavy atom. The van der Waals surface area contributed by atoms with Crippen molar-refractivity contribution in [2.45, 2.75) is 76.4 Å². The monoisotopic (exact) mass is 312 g/mol. The van der Waals surface area contributed by atoms with Crippen molar-refractivity contribution in [3.63, 3.8) is 0 Å². The van der Waals surface area contributed by atoms with Crippen LogP contribution in [0.5, 0.6) is 0 Å². The third-order valence-corrected chi connectivity index (χ3v) is 6.89. The molecule has 0 atom stereocenters. The molecule has 0 N–H and O–H groups in total. The van der Waals surface area contributed by atoms with E-state index in [2.05, 4.69) is 0 Å². The van der Waals surface area contributed by atoms with Crippen LogP contribution in [0.25, 0.3) is 0 Å². The third-order valence-electron chi connectivity index (χ3n) is 4.61. The average Bonchev–Trinajstić information content (AvgIpc) is 2.75. The van der Waals surface area contributed by atoms with Gasteiger partial charge in [-0.25, -0.2) is 0 Å². The summed E-state index contributed by atoms with van der Waals surface area (Å²) < 4.78 is 24.6. The van der Waals surface area contributed by atoms with Crippen LogP contribution in [0.4, 0.5) is 0 Å². The van der Waals surface area contributed by atoms with E-state index in [4.69, 9.17) is 17.7 Å². The molecule has 2 saturated carbocycles. The fourth-order valence-electron chi connectivity index (χ4n) is 3.42. The molecule has 0 saturated heterocycles. The molecule has 0 aromatic heterocycles. The van der Waals surface area contributed by atoms with Crippen LogP contribution in [0.1, 0.15) is 64.2 Å². The van der Waals surface area contributed by atoms with Crippen LogP contribution in [0.2, 0.25) is 0 Å². The average molecular weight is 312 g/mol. The zero-order valence-electron chi connectivity index (χ0n) is 12.9. The minimum absolute atomic E-state index is 0.257. The van der Waals surface area contributed by atoms with E-state index in [9.17, 15) is 0 Å². The molecule has 2 fully saturated rings. The molecule has 0 aromatic rings. The third kappa shape index (κ3) is 4.63. The van der Waals surface area contributed by atoms with Gasteiger partial charge in [-0.1, -0.05) is 50.7 Å². The maximum absolute atomic E-state index is 6.33. The van der Waals surface area contributed by atoms with Crippen molar-refractivity contribution in [2.24, 2.45) is 0 Å². The molecule has 0 aromatic carbocycles. The van der Waals surface area contributed by atoms with Crippen LogP contribution >= 0.6 is 0 Å². The molecule has 120 valence electrons. The maximum Gasteiger partial charge on any atom is 0.680 e. The van der Waals surface area contributed by atoms with Gasteiger partial charge in [-0.15, -0.1) is 0 Å². The van der Waals surface area contributed by atoms with Gasteiger partial charge in [0, 0.05) is 0 Å². The summed E-state index contributed by atoms with van der Waals surface area (Å²) in [6.07, 6.45) is 16.6. The van der Waals surface area contributed by atoms with E-state index in [1.807, 2.05) is 12.2 Å². The van der Waals surface area contributed by atoms with Crippen molar-refractivity contribution in [2.75, 3.05) is 13.2 Å². The summed E-state index contributed by atoms with van der Waals surface area (Å²) in [5, 5.41) is 0. The number of hydrogen-bond donors (Lipinski definition) is 0. The largest absolute Gasteiger partial charge is 0.680 e. The molecule has 1 aliphatic heterocycles. The summed E-state index contributed by atoms with van der Waals surface area (Å²) in [5.74, 6) is 0. The van der Waals surface area contributed by atoms with E-state index in [0.29, 0.717) is 13.2 Å². The SMILES string of the molecule is C1=CCO[Si](OC2CCCCC2)(OC2CCCCC2)OC1. The van der Waals surface area contributed by atoms with Gasteiger partial charge in [0.2, 0.25) is 0 Å². The first-order valence-corrected chi connectivity index (χ1v) is 10.3. The van der Waals surface area contributed by atoms with Crippen molar-refractivity contribution in [3.8, 4) is 0 Å². The highest BCUT2D eigenvalue weighted by molar-refractivity contribution is 6.53. The van der Waals surface area contributed by atoms with Crippen molar-refractivity contribution in [3.05, 3.63) is 12.2 Å². The molecule has 3 rings (SSSR count). The first-order valence-electron chi connectivity index (χ1n) is 8.65. The van der Waals surface area contributed by atoms with Gasteiger partial charge in [0.1, 0.15) is 0 Å². The fourth-order valence-corrected chi connectivity index (χ4v) is 5.72. The Hall–Kier alpha value is -0.203. The molecule has 3 aliphatic rings. The molecular formula is C16H28O4Si. The van der Waals surface area contributed by atoms with E-state index >= 15 is 0 Å². The molecule has 0 amide bonds. The lowest BCUT2D eigenvalue weighted by Gasteiger charge is -2.35. The zero-order chi connectivity index (χ0) is 14.4. The first-order chi connectivity index (χ1) is 10.4. The fraction of sp³-hybridized carbons (Fsp3) is 0.875. The lowest BCUT2D eigenvalue weighted by molar-refractivity contribution is -0.0757. The van der Waals surface area contributed by atoms with Crippen molar-refractivity contribution in [1.82, 2.24) is 0 Å². The van der Waals surface area contributed by atoms with E-state index < -0.39 is 9.05 Å². The van der Waals surface area contributed by atoms with Crippen LogP contribution in [-0.2, 0) is 17.7 Å². The summed E-state index contributed by atoms with van der Waals surface area (Å²) in [6.45, 7) is 1.09. The maximum atomic E-state index is 6.33. The van der Waals surface area contributed by atoms with Crippen LogP contribution in [0, 0.1) is 0 Å². The Morgan fingerprint density at radius 3 is 1.52 bits per heavy atom. The lowest BCUT2D eigenvalue weighted by Crippen LogP contribution is -2.53. The summed E-state index contributed by atoms with van der Waals surface area (Å²) in [6, 6.07) is 0. The number of rotatable bonds is 4. The molecule has 2 aliphatic carbocycles. The van der Waals surface area contributed by atoms with Crippen LogP contribution in [-0.4, -0.2) is 34.5 Å². The summed E-state index contributed by atoms with van der Waals surface area (Å²) in [5.41, 5.74) is 0. The van der Waals surface area contributed by atoms with E-state index in [0.717, 1.165) is 25.7 Å². The Kier molecular flexibility index (Phi) is 5.88. The van der Waals surface area contributed by atoms with Crippen LogP contribution in [0.3, 0.4) is 0 Å². The Morgan fingerprint density at radius 2 is 1.10 bits per heavy atom. The number of hydrogen-bond acceptors (Lipinski definition) is 4. The van der Waals surface area contributed by atoms with Crippen molar-refractivity contribution in [1.29, 1.82) is 0 Å². The normalized spacial score (nSPS) is 28.4. The standard InChI is InChI=1S/C16H28O4Si/c1-3-9-15(10-4-1)19-21(17-13-7-8-14-18-21)20-16-11-5-2-6-12-16/h7-8,15-16H,1-6,9-14H2. The molecule has 0 radical (unpaired) electrons. The van der Waals surface area contributed by atoms with Crippen molar-refractivity contribution >= 4 is 9.05 Å². The molecule has 0 unspecified atom stereocenters. The minimum atomic E-state index is -2.97. The first kappa shape index (κ1) is 15.7. The summed E-state index contributed by atoms with van der Waals surface area (Å²) in [4.78, 5) is 0. The topological polar surface area (TPSA) is 36.9 Å². The van der Waals surface area contributed by atoms with Gasteiger partial charge in [-0.2, -0.15) is 0 Å². The quantitative estimate of drug-likeness (QED) is 0.585. The van der Waals surface area contributed by atoms with Gasteiger partial charge in [0.05, 0.1) is 25.4 Å². The van der Waals surface area contributed by atoms with Gasteiger partial charge < -0.3 is 17.7 Å². The van der Waals surface area contributed by atoms with E-state index in [-0.39, 0.29) is 12.2 Å². The second kappa shape index (κ2) is 7.88. The predicted octanol–water partition coefficient (Wildman–Crippen LogP) is 3.72. The molecule has 0 bridgehead atoms. The second-order valence-electron chi connectivity index (χ2n) is 6.35. The zero-order valence-corrected chi connectivity index (χ0v) is 13.9. The van der Waals surface area contributed by atoms with Crippen LogP contribution < -0.4 is 0 Å². The molecule has 1 heterocycles. The second-order valence-corrected chi connectivity index (χ2v) is 8.40. The predicted molar refractivity (Wildman–Crippen MR) is 82.7 cm³/mol. The molecule has 4 nitrogen and oxygen atoms in total. The summed E-state index contributed by atoms with van der Waals surface area (Å²) in [7, 11) is -2.97. The highest BCUT2D eigenvalue weighted by atomic mass is 28.4. The molecule has 0 spiro atoms. The smallest absolute Gasteiger partial charge is 0.348 e. The van der Waals surface area contributed by atoms with Crippen LogP contribution in [0.15, 0.2) is 12.2 Å². The molecule has 5 heteroatoms. The van der Waals surface area contributed by atoms with Gasteiger partial charge in [0.15, 0.2) is 0 Å². The summed E-state index contributed by atoms with van der Waals surface area (Å²) >= 11 is 0. The molecule has 21 heavy (non-hydrogen) atoms. The lowest BCUT2D eigenvalue weighted by atomic mass is 9.98. The minimum Gasteiger partial charge on any atom is -0.348 e. The van der Waals surface area contributed by atoms with Gasteiger partial charge in [-0.05, 0) is 25.7 Å². The van der Waals surface area contributed by atoms with Gasteiger partial charge in [0.25, 0.3) is 0 Å². The Balaban J connectivity index is 1.63. The Labute approximate surface area is 129 Å². The van der Waals surface area contributed by atoms with Gasteiger partial charge >= 0.3 is 9.05 Å². The van der Waals surface area contributed by atoms with Crippen molar-refractivity contribution < 1.29 is 17.7 Å².